The van der Waals surface area contributed by atoms with Crippen molar-refractivity contribution in [3.05, 3.63) is 34.8 Å². The Balaban J connectivity index is 2.63. The average molecular weight is 205 g/mol. The zero-order valence-corrected chi connectivity index (χ0v) is 8.34. The number of nitrogens with zero attached hydrogens (tertiary/aromatic N) is 3. The average Bonchev–Trinajstić information content (AvgIpc) is 2.17. The molecule has 0 aliphatic rings. The van der Waals surface area contributed by atoms with E-state index in [0.717, 1.165) is 5.56 Å². The van der Waals surface area contributed by atoms with Crippen LogP contribution in [0.15, 0.2) is 18.2 Å². The van der Waals surface area contributed by atoms with Crippen LogP contribution >= 0.6 is 0 Å². The second kappa shape index (κ2) is 3.78. The van der Waals surface area contributed by atoms with E-state index in [0.29, 0.717) is 28.1 Å². The minimum absolute atomic E-state index is 0.0582. The van der Waals surface area contributed by atoms with E-state index in [4.69, 9.17) is 5.11 Å². The van der Waals surface area contributed by atoms with Crippen molar-refractivity contribution in [2.45, 2.75) is 13.3 Å². The molecular weight excluding hydrogens is 194 g/mol. The smallest absolute Gasteiger partial charge is 0.270 e. The number of benzene rings is 1. The van der Waals surface area contributed by atoms with Crippen LogP contribution in [0, 0.1) is 12.1 Å². The summed E-state index contributed by atoms with van der Waals surface area (Å²) < 4.78 is 0. The molecule has 0 bridgehead atoms. The fourth-order valence-electron chi connectivity index (χ4n) is 1.41. The van der Waals surface area contributed by atoms with Gasteiger partial charge in [-0.15, -0.1) is 0 Å². The van der Waals surface area contributed by atoms with Crippen LogP contribution in [-0.2, 0) is 6.42 Å². The van der Waals surface area contributed by atoms with E-state index >= 15 is 0 Å². The summed E-state index contributed by atoms with van der Waals surface area (Å²) >= 11 is 0. The molecule has 0 fully saturated rings. The molecule has 15 heavy (non-hydrogen) atoms. The van der Waals surface area contributed by atoms with Gasteiger partial charge < -0.3 is 10.3 Å². The van der Waals surface area contributed by atoms with E-state index < -0.39 is 0 Å². The van der Waals surface area contributed by atoms with Crippen LogP contribution in [0.5, 0.6) is 0 Å². The maximum Gasteiger partial charge on any atom is 0.270 e. The van der Waals surface area contributed by atoms with E-state index in [1.165, 1.54) is 0 Å². The van der Waals surface area contributed by atoms with Gasteiger partial charge in [-0.1, -0.05) is 6.07 Å². The lowest BCUT2D eigenvalue weighted by Gasteiger charge is -2.01. The molecule has 0 aliphatic heterocycles. The Bertz CT molecular complexity index is 499. The minimum atomic E-state index is -0.0582. The van der Waals surface area contributed by atoms with E-state index in [-0.39, 0.29) is 6.61 Å². The first kappa shape index (κ1) is 9.79. The summed E-state index contributed by atoms with van der Waals surface area (Å²) in [7, 11) is 0. The van der Waals surface area contributed by atoms with Crippen molar-refractivity contribution < 1.29 is 9.95 Å². The highest BCUT2D eigenvalue weighted by Crippen LogP contribution is 2.09. The number of fused-ring (bicyclic) bond motifs is 1. The summed E-state index contributed by atoms with van der Waals surface area (Å²) in [5.74, 6) is 0.366. The molecule has 0 spiro atoms. The molecule has 5 heteroatoms. The Morgan fingerprint density at radius 3 is 3.00 bits per heavy atom. The molecule has 0 amide bonds. The summed E-state index contributed by atoms with van der Waals surface area (Å²) in [4.78, 5) is 4.74. The first-order chi connectivity index (χ1) is 7.20. The predicted octanol–water partition coefficient (Wildman–Crippen LogP) is 0.106. The molecule has 0 aliphatic carbocycles. The minimum Gasteiger partial charge on any atom is -0.594 e. The molecule has 0 atom stereocenters. The molecule has 1 heterocycles. The number of rotatable bonds is 2. The number of aliphatic hydroxyl groups is 1. The summed E-state index contributed by atoms with van der Waals surface area (Å²) in [6.45, 7) is 1.87. The summed E-state index contributed by atoms with van der Waals surface area (Å²) in [6.07, 6.45) is 0.298. The molecule has 0 radical (unpaired) electrons. The van der Waals surface area contributed by atoms with Gasteiger partial charge in [0.25, 0.3) is 5.52 Å². The van der Waals surface area contributed by atoms with Gasteiger partial charge in [0.2, 0.25) is 0 Å². The van der Waals surface area contributed by atoms with Crippen LogP contribution in [0.1, 0.15) is 11.4 Å². The fraction of sp³-hybridized carbons (Fsp3) is 0.300. The lowest BCUT2D eigenvalue weighted by molar-refractivity contribution is -0.644. The van der Waals surface area contributed by atoms with Crippen molar-refractivity contribution >= 4 is 11.0 Å². The van der Waals surface area contributed by atoms with Gasteiger partial charge in [0.1, 0.15) is 5.52 Å². The van der Waals surface area contributed by atoms with Crippen molar-refractivity contribution in [2.24, 2.45) is 0 Å². The molecular formula is C10H11N3O2. The molecule has 1 N–H and O–H groups in total. The third-order valence-corrected chi connectivity index (χ3v) is 2.13. The Hall–Kier alpha value is -1.75. The molecule has 0 unspecified atom stereocenters. The van der Waals surface area contributed by atoms with Gasteiger partial charge >= 0.3 is 0 Å². The van der Waals surface area contributed by atoms with Crippen LogP contribution in [0.3, 0.4) is 0 Å². The maximum atomic E-state index is 11.5. The summed E-state index contributed by atoms with van der Waals surface area (Å²) in [6, 6.07) is 5.36. The SMILES string of the molecule is Cc1ccc2c(c1)nc(CCO)n[n+]2[O-]. The maximum absolute atomic E-state index is 11.5. The highest BCUT2D eigenvalue weighted by molar-refractivity contribution is 5.71. The number of aromatic nitrogens is 3. The second-order valence-corrected chi connectivity index (χ2v) is 3.37. The zero-order valence-electron chi connectivity index (χ0n) is 8.34. The monoisotopic (exact) mass is 205 g/mol. The standard InChI is InChI=1S/C10H11N3O2/c1-7-2-3-9-8(6-7)11-10(4-5-14)12-13(9)15/h2-3,6,14H,4-5H2,1H3. The van der Waals surface area contributed by atoms with Gasteiger partial charge in [-0.25, -0.2) is 4.98 Å². The zero-order chi connectivity index (χ0) is 10.8. The highest BCUT2D eigenvalue weighted by Gasteiger charge is 2.09. The lowest BCUT2D eigenvalue weighted by atomic mass is 10.2. The number of aryl methyl sites for hydroxylation is 1. The number of hydrogen-bond acceptors (Lipinski definition) is 4. The Morgan fingerprint density at radius 1 is 1.47 bits per heavy atom. The molecule has 1 aromatic heterocycles. The molecule has 2 rings (SSSR count). The van der Waals surface area contributed by atoms with E-state index in [1.54, 1.807) is 6.07 Å². The van der Waals surface area contributed by atoms with Gasteiger partial charge in [-0.2, -0.15) is 0 Å². The quantitative estimate of drug-likeness (QED) is 0.557. The molecule has 1 aromatic carbocycles. The molecule has 0 saturated carbocycles. The fourth-order valence-corrected chi connectivity index (χ4v) is 1.41. The third-order valence-electron chi connectivity index (χ3n) is 2.13. The Kier molecular flexibility index (Phi) is 2.47. The molecule has 2 aromatic rings. The van der Waals surface area contributed by atoms with E-state index in [1.807, 2.05) is 19.1 Å². The van der Waals surface area contributed by atoms with Crippen LogP contribution < -0.4 is 4.85 Å². The van der Waals surface area contributed by atoms with Gasteiger partial charge in [-0.3, -0.25) is 0 Å². The molecule has 5 nitrogen and oxygen atoms in total. The van der Waals surface area contributed by atoms with E-state index in [9.17, 15) is 5.21 Å². The van der Waals surface area contributed by atoms with Gasteiger partial charge in [0.05, 0.1) is 6.61 Å². The van der Waals surface area contributed by atoms with Gasteiger partial charge in [0, 0.05) is 17.6 Å². The van der Waals surface area contributed by atoms with Crippen molar-refractivity contribution in [3.8, 4) is 0 Å². The van der Waals surface area contributed by atoms with Gasteiger partial charge in [-0.05, 0) is 23.4 Å². The highest BCUT2D eigenvalue weighted by atomic mass is 16.5. The van der Waals surface area contributed by atoms with Crippen molar-refractivity contribution in [1.82, 2.24) is 10.1 Å². The third kappa shape index (κ3) is 1.87. The predicted molar refractivity (Wildman–Crippen MR) is 54.0 cm³/mol. The Morgan fingerprint density at radius 2 is 2.27 bits per heavy atom. The largest absolute Gasteiger partial charge is 0.594 e. The topological polar surface area (TPSA) is 73.0 Å². The van der Waals surface area contributed by atoms with Crippen molar-refractivity contribution in [1.29, 1.82) is 0 Å². The Labute approximate surface area is 86.6 Å². The summed E-state index contributed by atoms with van der Waals surface area (Å²) in [5.41, 5.74) is 2.10. The van der Waals surface area contributed by atoms with Crippen LogP contribution in [0.2, 0.25) is 0 Å². The van der Waals surface area contributed by atoms with Crippen molar-refractivity contribution in [3.63, 3.8) is 0 Å². The second-order valence-electron chi connectivity index (χ2n) is 3.37. The molecule has 78 valence electrons. The number of hydrogen-bond donors (Lipinski definition) is 1. The lowest BCUT2D eigenvalue weighted by Crippen LogP contribution is -2.34. The van der Waals surface area contributed by atoms with Gasteiger partial charge in [0.15, 0.2) is 5.82 Å². The van der Waals surface area contributed by atoms with Crippen LogP contribution in [0.4, 0.5) is 0 Å². The van der Waals surface area contributed by atoms with E-state index in [2.05, 4.69) is 10.1 Å². The first-order valence-electron chi connectivity index (χ1n) is 4.68. The first-order valence-corrected chi connectivity index (χ1v) is 4.68. The van der Waals surface area contributed by atoms with Crippen molar-refractivity contribution in [2.75, 3.05) is 6.61 Å². The van der Waals surface area contributed by atoms with Crippen LogP contribution in [0.25, 0.3) is 11.0 Å². The van der Waals surface area contributed by atoms with Crippen LogP contribution in [-0.4, -0.2) is 21.8 Å². The summed E-state index contributed by atoms with van der Waals surface area (Å²) in [5, 5.41) is 23.9. The number of aliphatic hydroxyl groups excluding tert-OH is 1. The molecule has 0 saturated heterocycles. The normalized spacial score (nSPS) is 10.8.